The van der Waals surface area contributed by atoms with Crippen LogP contribution in [0.4, 0.5) is 0 Å². The molecule has 0 bridgehead atoms. The second-order valence-electron chi connectivity index (χ2n) is 18.2. The number of benzene rings is 9. The lowest BCUT2D eigenvalue weighted by Crippen LogP contribution is -2.50. The average Bonchev–Trinajstić information content (AvgIpc) is 3.74. The van der Waals surface area contributed by atoms with E-state index >= 15 is 0 Å². The van der Waals surface area contributed by atoms with Crippen molar-refractivity contribution in [3.05, 3.63) is 132 Å². The first-order chi connectivity index (χ1) is 28.9. The van der Waals surface area contributed by atoms with E-state index in [-0.39, 0.29) is 5.41 Å². The van der Waals surface area contributed by atoms with E-state index in [9.17, 15) is 0 Å². The maximum Gasteiger partial charge on any atom is 0.139 e. The fraction of sp³-hybridized carbons (Fsp3) is 0.0588. The van der Waals surface area contributed by atoms with Crippen LogP contribution >= 0.6 is 0 Å². The number of furan rings is 1. The first kappa shape index (κ1) is 37.1. The third-order valence-electron chi connectivity index (χ3n) is 15.1. The van der Waals surface area contributed by atoms with Crippen LogP contribution < -0.4 is 43.7 Å². The lowest BCUT2D eigenvalue weighted by atomic mass is 9.59. The normalized spacial score (nSPS) is 13.2. The zero-order valence-electron chi connectivity index (χ0n) is 36.5. The van der Waals surface area contributed by atoms with Gasteiger partial charge < -0.3 is 4.42 Å². The molecule has 1 aromatic heterocycles. The Morgan fingerprint density at radius 2 is 0.850 bits per heavy atom. The minimum atomic E-state index is -0.0863. The van der Waals surface area contributed by atoms with Crippen LogP contribution in [0.15, 0.2) is 126 Å². The Labute approximate surface area is 359 Å². The van der Waals surface area contributed by atoms with Crippen molar-refractivity contribution in [3.8, 4) is 44.5 Å². The Kier molecular flexibility index (Phi) is 8.06. The fourth-order valence-electron chi connectivity index (χ4n) is 11.2. The molecule has 276 valence electrons. The summed E-state index contributed by atoms with van der Waals surface area (Å²) in [6, 6.07) is 45.4. The second kappa shape index (κ2) is 13.0. The minimum absolute atomic E-state index is 0.0863. The summed E-state index contributed by atoms with van der Waals surface area (Å²) in [7, 11) is 18.7. The minimum Gasteiger partial charge on any atom is -0.456 e. The van der Waals surface area contributed by atoms with Crippen LogP contribution in [-0.4, -0.2) is 62.8 Å². The quantitative estimate of drug-likeness (QED) is 0.189. The third-order valence-corrected chi connectivity index (χ3v) is 15.1. The van der Waals surface area contributed by atoms with Crippen molar-refractivity contribution in [3.63, 3.8) is 0 Å². The molecule has 1 nitrogen and oxygen atoms in total. The Hall–Kier alpha value is -5.92. The topological polar surface area (TPSA) is 13.1 Å². The van der Waals surface area contributed by atoms with E-state index in [1.807, 2.05) is 0 Å². The molecule has 0 saturated heterocycles. The predicted octanol–water partition coefficient (Wildman–Crippen LogP) is 0.420. The number of rotatable bonds is 3. The Balaban J connectivity index is 1.21. The molecule has 0 unspecified atom stereocenters. The van der Waals surface area contributed by atoms with Gasteiger partial charge in [0.2, 0.25) is 0 Å². The summed E-state index contributed by atoms with van der Waals surface area (Å²) < 4.78 is 6.55. The molecular weight excluding hydrogens is 715 g/mol. The third kappa shape index (κ3) is 4.99. The van der Waals surface area contributed by atoms with Crippen molar-refractivity contribution in [2.75, 3.05) is 0 Å². The van der Waals surface area contributed by atoms with Gasteiger partial charge in [-0.2, -0.15) is 0 Å². The standard InChI is InChI=1S/C51H42B8O/c1-51(2)33-13-6-5-10-29(33)30-12-7-11-28(42(30)51)23-14-16-24(17-15-23)36-38-40(45(54)49(58)47(56)43(38)52)37(41-39(36)44(53)48(57)50(59)46(41)55)27-18-19-34-31(21-27)32-20-25-8-3-4-9-26(25)22-35(32)60-34/h3-22H,52-59H2,1-2H3. The van der Waals surface area contributed by atoms with Crippen molar-refractivity contribution < 1.29 is 4.42 Å². The monoisotopic (exact) mass is 758 g/mol. The molecule has 9 heteroatoms. The highest BCUT2D eigenvalue weighted by molar-refractivity contribution is 6.71. The first-order valence-electron chi connectivity index (χ1n) is 21.5. The molecule has 10 aromatic rings. The van der Waals surface area contributed by atoms with Crippen LogP contribution in [0.1, 0.15) is 25.0 Å². The second-order valence-corrected chi connectivity index (χ2v) is 18.2. The van der Waals surface area contributed by atoms with Gasteiger partial charge in [-0.25, -0.2) is 0 Å². The molecule has 1 aliphatic rings. The molecule has 1 aliphatic carbocycles. The van der Waals surface area contributed by atoms with E-state index < -0.39 is 0 Å². The van der Waals surface area contributed by atoms with Crippen LogP contribution in [-0.2, 0) is 5.41 Å². The summed E-state index contributed by atoms with van der Waals surface area (Å²) in [6.07, 6.45) is 0. The Bertz CT molecular complexity index is 3470. The van der Waals surface area contributed by atoms with Gasteiger partial charge in [0.15, 0.2) is 0 Å². The molecule has 0 radical (unpaired) electrons. The highest BCUT2D eigenvalue weighted by Gasteiger charge is 2.37. The van der Waals surface area contributed by atoms with Gasteiger partial charge in [-0.15, -0.1) is 21.9 Å². The zero-order valence-corrected chi connectivity index (χ0v) is 36.5. The molecule has 11 rings (SSSR count). The van der Waals surface area contributed by atoms with Crippen molar-refractivity contribution >= 4 is 161 Å². The maximum atomic E-state index is 6.55. The van der Waals surface area contributed by atoms with Crippen LogP contribution in [0.5, 0.6) is 0 Å². The summed E-state index contributed by atoms with van der Waals surface area (Å²) in [6.45, 7) is 4.77. The van der Waals surface area contributed by atoms with Crippen LogP contribution in [0.2, 0.25) is 0 Å². The smallest absolute Gasteiger partial charge is 0.139 e. The summed E-state index contributed by atoms with van der Waals surface area (Å²) in [4.78, 5) is 0. The van der Waals surface area contributed by atoms with Crippen molar-refractivity contribution in [2.45, 2.75) is 19.3 Å². The van der Waals surface area contributed by atoms with Gasteiger partial charge in [0.05, 0.1) is 0 Å². The van der Waals surface area contributed by atoms with Crippen LogP contribution in [0, 0.1) is 0 Å². The molecular formula is C51H42B8O. The highest BCUT2D eigenvalue weighted by Crippen LogP contribution is 2.52. The maximum absolute atomic E-state index is 6.55. The average molecular weight is 757 g/mol. The predicted molar refractivity (Wildman–Crippen MR) is 286 cm³/mol. The molecule has 60 heavy (non-hydrogen) atoms. The lowest BCUT2D eigenvalue weighted by molar-refractivity contribution is 0.662. The van der Waals surface area contributed by atoms with Crippen molar-refractivity contribution in [1.29, 1.82) is 0 Å². The molecule has 0 spiro atoms. The van der Waals surface area contributed by atoms with E-state index in [1.165, 1.54) is 132 Å². The Morgan fingerprint density at radius 1 is 0.383 bits per heavy atom. The fourth-order valence-corrected chi connectivity index (χ4v) is 11.2. The summed E-state index contributed by atoms with van der Waals surface area (Å²) in [5.41, 5.74) is 25.9. The first-order valence-corrected chi connectivity index (χ1v) is 21.5. The van der Waals surface area contributed by atoms with Gasteiger partial charge in [0.25, 0.3) is 0 Å². The molecule has 0 N–H and O–H groups in total. The van der Waals surface area contributed by atoms with Gasteiger partial charge in [0, 0.05) is 16.2 Å². The SMILES string of the molecule is Bc1c(B)c(B)c2c(-c3ccc4oc5cc6ccccc6cc5c4c3)c3c(B)c(B)c(B)c(B)c3c(-c3ccc(-c4cccc5c4C(C)(C)c4ccccc4-5)cc3)c2c1B. The number of fused-ring (bicyclic) bond motifs is 9. The number of hydrogen-bond acceptors (Lipinski definition) is 1. The molecule has 0 fully saturated rings. The van der Waals surface area contributed by atoms with Gasteiger partial charge in [-0.3, -0.25) is 0 Å². The van der Waals surface area contributed by atoms with E-state index in [0.717, 1.165) is 21.9 Å². The van der Waals surface area contributed by atoms with E-state index in [2.05, 4.69) is 198 Å². The van der Waals surface area contributed by atoms with Crippen LogP contribution in [0.25, 0.3) is 98.8 Å². The van der Waals surface area contributed by atoms with Crippen molar-refractivity contribution in [1.82, 2.24) is 0 Å². The Morgan fingerprint density at radius 3 is 1.47 bits per heavy atom. The van der Waals surface area contributed by atoms with Gasteiger partial charge in [0.1, 0.15) is 73.9 Å². The van der Waals surface area contributed by atoms with E-state index in [4.69, 9.17) is 4.42 Å². The largest absolute Gasteiger partial charge is 0.456 e. The molecule has 9 aromatic carbocycles. The lowest BCUT2D eigenvalue weighted by Gasteiger charge is -2.28. The van der Waals surface area contributed by atoms with Crippen molar-refractivity contribution in [2.24, 2.45) is 0 Å². The van der Waals surface area contributed by atoms with E-state index in [0.29, 0.717) is 0 Å². The molecule has 0 atom stereocenters. The van der Waals surface area contributed by atoms with Gasteiger partial charge in [-0.1, -0.05) is 133 Å². The summed E-state index contributed by atoms with van der Waals surface area (Å²) in [5.74, 6) is 0. The highest BCUT2D eigenvalue weighted by atomic mass is 16.3. The molecule has 0 amide bonds. The van der Waals surface area contributed by atoms with Crippen LogP contribution in [0.3, 0.4) is 0 Å². The summed E-state index contributed by atoms with van der Waals surface area (Å²) in [5, 5.41) is 10.2. The van der Waals surface area contributed by atoms with E-state index in [1.54, 1.807) is 0 Å². The van der Waals surface area contributed by atoms with Gasteiger partial charge in [-0.05, 0) is 112 Å². The molecule has 0 saturated carbocycles. The van der Waals surface area contributed by atoms with Gasteiger partial charge >= 0.3 is 0 Å². The molecule has 0 aliphatic heterocycles. The molecule has 1 heterocycles. The summed E-state index contributed by atoms with van der Waals surface area (Å²) >= 11 is 0. The zero-order chi connectivity index (χ0) is 41.5. The number of hydrogen-bond donors (Lipinski definition) is 0.